The molecule has 9 heteroatoms. The third kappa shape index (κ3) is 5.28. The molecule has 7 rings (SSSR count). The van der Waals surface area contributed by atoms with E-state index in [1.54, 1.807) is 30.3 Å². The largest absolute Gasteiger partial charge is 0.321 e. The van der Waals surface area contributed by atoms with Gasteiger partial charge >= 0.3 is 0 Å². The zero-order valence-electron chi connectivity index (χ0n) is 23.3. The number of pyridine rings is 2. The minimum atomic E-state index is -4.01. The van der Waals surface area contributed by atoms with Gasteiger partial charge in [0.15, 0.2) is 5.65 Å². The summed E-state index contributed by atoms with van der Waals surface area (Å²) in [4.78, 5) is 27.6. The lowest BCUT2D eigenvalue weighted by Crippen LogP contribution is -2.30. The highest BCUT2D eigenvalue weighted by molar-refractivity contribution is 7.90. The van der Waals surface area contributed by atoms with Crippen molar-refractivity contribution >= 4 is 38.0 Å². The third-order valence-electron chi connectivity index (χ3n) is 8.04. The highest BCUT2D eigenvalue weighted by atomic mass is 32.2. The van der Waals surface area contributed by atoms with E-state index in [0.717, 1.165) is 59.2 Å². The number of nitrogens with one attached hydrogen (secondary N) is 1. The minimum absolute atomic E-state index is 0.0301. The molecule has 0 bridgehead atoms. The molecular formula is C34H29N5O3S. The van der Waals surface area contributed by atoms with Crippen molar-refractivity contribution in [1.82, 2.24) is 24.2 Å². The summed E-state index contributed by atoms with van der Waals surface area (Å²) in [6.45, 7) is 0. The molecule has 1 aliphatic rings. The Bertz CT molecular complexity index is 2070. The number of benzene rings is 3. The van der Waals surface area contributed by atoms with Crippen LogP contribution in [0.15, 0.2) is 108 Å². The lowest BCUT2D eigenvalue weighted by Gasteiger charge is -2.25. The number of imidazole rings is 1. The third-order valence-corrected chi connectivity index (χ3v) is 9.39. The Labute approximate surface area is 249 Å². The van der Waals surface area contributed by atoms with Crippen LogP contribution in [0.25, 0.3) is 44.7 Å². The van der Waals surface area contributed by atoms with Crippen LogP contribution >= 0.6 is 0 Å². The van der Waals surface area contributed by atoms with Crippen LogP contribution in [-0.4, -0.2) is 33.8 Å². The first-order valence-corrected chi connectivity index (χ1v) is 15.9. The van der Waals surface area contributed by atoms with Crippen molar-refractivity contribution in [2.24, 2.45) is 0 Å². The number of nitrogens with zero attached hydrogens (tertiary/aromatic N) is 4. The molecule has 214 valence electrons. The van der Waals surface area contributed by atoms with Gasteiger partial charge in [0.1, 0.15) is 5.82 Å². The molecule has 0 atom stereocenters. The van der Waals surface area contributed by atoms with Crippen LogP contribution < -0.4 is 4.72 Å². The fourth-order valence-electron chi connectivity index (χ4n) is 5.89. The Morgan fingerprint density at radius 1 is 0.791 bits per heavy atom. The van der Waals surface area contributed by atoms with Crippen molar-refractivity contribution in [3.8, 4) is 22.6 Å². The van der Waals surface area contributed by atoms with Crippen molar-refractivity contribution in [1.29, 1.82) is 0 Å². The predicted octanol–water partition coefficient (Wildman–Crippen LogP) is 6.94. The second-order valence-electron chi connectivity index (χ2n) is 10.9. The van der Waals surface area contributed by atoms with Gasteiger partial charge in [-0.1, -0.05) is 67.8 Å². The Hall–Kier alpha value is -4.89. The Morgan fingerprint density at radius 3 is 2.30 bits per heavy atom. The van der Waals surface area contributed by atoms with Gasteiger partial charge < -0.3 is 4.57 Å². The summed E-state index contributed by atoms with van der Waals surface area (Å²) in [5.74, 6) is 0.0742. The number of carbonyl (C=O) groups is 1. The molecular weight excluding hydrogens is 558 g/mol. The molecule has 3 heterocycles. The number of fused-ring (bicyclic) bond motifs is 2. The van der Waals surface area contributed by atoms with E-state index in [0.29, 0.717) is 11.2 Å². The van der Waals surface area contributed by atoms with E-state index in [1.807, 2.05) is 54.7 Å². The number of hydrogen-bond acceptors (Lipinski definition) is 6. The molecule has 43 heavy (non-hydrogen) atoms. The average Bonchev–Trinajstić information content (AvgIpc) is 3.44. The van der Waals surface area contributed by atoms with Gasteiger partial charge in [-0.2, -0.15) is 0 Å². The van der Waals surface area contributed by atoms with Gasteiger partial charge in [0.2, 0.25) is 0 Å². The standard InChI is InChI=1S/C34H29N5O3S/c40-34(38-43(41,42)28-14-8-3-9-15-28)25-17-19-31-30(21-25)37-33(39(31)27-12-6-2-7-13-27)26-20-24-16-18-29(36-32(24)35-22-26)23-10-4-1-5-11-23/h1,3-5,8-11,14-22,27H,2,6-7,12-13H2,(H,38,40). The number of hydrogen-bond donors (Lipinski definition) is 1. The molecule has 3 aromatic heterocycles. The average molecular weight is 588 g/mol. The fourth-order valence-corrected chi connectivity index (χ4v) is 6.89. The van der Waals surface area contributed by atoms with Gasteiger partial charge in [0.25, 0.3) is 15.9 Å². The molecule has 0 spiro atoms. The first-order chi connectivity index (χ1) is 21.0. The molecule has 0 saturated heterocycles. The van der Waals surface area contributed by atoms with E-state index in [9.17, 15) is 13.2 Å². The molecule has 6 aromatic rings. The fraction of sp³-hybridized carbons (Fsp3) is 0.176. The number of sulfonamides is 1. The second kappa shape index (κ2) is 11.1. The van der Waals surface area contributed by atoms with Crippen molar-refractivity contribution < 1.29 is 13.2 Å². The molecule has 0 aliphatic heterocycles. The number of aromatic nitrogens is 4. The number of amides is 1. The molecule has 1 aliphatic carbocycles. The van der Waals surface area contributed by atoms with Gasteiger partial charge in [-0.25, -0.2) is 28.1 Å². The lowest BCUT2D eigenvalue weighted by molar-refractivity contribution is 0.0981. The monoisotopic (exact) mass is 587 g/mol. The highest BCUT2D eigenvalue weighted by Crippen LogP contribution is 2.36. The van der Waals surface area contributed by atoms with Crippen molar-refractivity contribution in [2.75, 3.05) is 0 Å². The van der Waals surface area contributed by atoms with E-state index in [4.69, 9.17) is 15.0 Å². The highest BCUT2D eigenvalue weighted by Gasteiger charge is 2.24. The zero-order valence-corrected chi connectivity index (χ0v) is 24.2. The normalized spacial score (nSPS) is 14.2. The van der Waals surface area contributed by atoms with Gasteiger partial charge in [-0.3, -0.25) is 4.79 Å². The SMILES string of the molecule is O=C(NS(=O)(=O)c1ccccc1)c1ccc2c(c1)nc(-c1cnc3nc(-c4ccccc4)ccc3c1)n2C1CCCCC1. The Morgan fingerprint density at radius 2 is 1.53 bits per heavy atom. The predicted molar refractivity (Wildman–Crippen MR) is 167 cm³/mol. The maximum absolute atomic E-state index is 13.1. The summed E-state index contributed by atoms with van der Waals surface area (Å²) >= 11 is 0. The van der Waals surface area contributed by atoms with Crippen molar-refractivity contribution in [2.45, 2.75) is 43.0 Å². The summed E-state index contributed by atoms with van der Waals surface area (Å²) in [6, 6.07) is 29.4. The van der Waals surface area contributed by atoms with Gasteiger partial charge in [-0.15, -0.1) is 0 Å². The van der Waals surface area contributed by atoms with E-state index < -0.39 is 15.9 Å². The number of rotatable bonds is 6. The molecule has 0 radical (unpaired) electrons. The summed E-state index contributed by atoms with van der Waals surface area (Å²) < 4.78 is 30.0. The first kappa shape index (κ1) is 27.0. The molecule has 0 unspecified atom stereocenters. The molecule has 1 saturated carbocycles. The Balaban J connectivity index is 1.28. The maximum atomic E-state index is 13.1. The van der Waals surface area contributed by atoms with Crippen molar-refractivity contribution in [3.63, 3.8) is 0 Å². The maximum Gasteiger partial charge on any atom is 0.265 e. The van der Waals surface area contributed by atoms with E-state index in [2.05, 4.69) is 15.4 Å². The van der Waals surface area contributed by atoms with Crippen molar-refractivity contribution in [3.05, 3.63) is 109 Å². The lowest BCUT2D eigenvalue weighted by atomic mass is 9.95. The number of carbonyl (C=O) groups excluding carboxylic acids is 1. The van der Waals surface area contributed by atoms with Gasteiger partial charge in [0.05, 0.1) is 21.6 Å². The molecule has 1 N–H and O–H groups in total. The molecule has 1 fully saturated rings. The molecule has 8 nitrogen and oxygen atoms in total. The van der Waals surface area contributed by atoms with Crippen LogP contribution in [0.5, 0.6) is 0 Å². The van der Waals surface area contributed by atoms with Crippen LogP contribution in [0.1, 0.15) is 48.5 Å². The summed E-state index contributed by atoms with van der Waals surface area (Å²) in [5.41, 5.74) is 5.17. The van der Waals surface area contributed by atoms with E-state index >= 15 is 0 Å². The van der Waals surface area contributed by atoms with Crippen LogP contribution in [0.4, 0.5) is 0 Å². The second-order valence-corrected chi connectivity index (χ2v) is 12.6. The quantitative estimate of drug-likeness (QED) is 0.226. The van der Waals surface area contributed by atoms with E-state index in [1.165, 1.54) is 18.6 Å². The van der Waals surface area contributed by atoms with Crippen LogP contribution in [0.2, 0.25) is 0 Å². The Kier molecular flexibility index (Phi) is 6.95. The van der Waals surface area contributed by atoms with Crippen LogP contribution in [-0.2, 0) is 10.0 Å². The summed E-state index contributed by atoms with van der Waals surface area (Å²) in [5, 5.41) is 0.908. The van der Waals surface area contributed by atoms with Gasteiger partial charge in [-0.05, 0) is 61.4 Å². The minimum Gasteiger partial charge on any atom is -0.321 e. The van der Waals surface area contributed by atoms with E-state index in [-0.39, 0.29) is 16.5 Å². The zero-order chi connectivity index (χ0) is 29.4. The summed E-state index contributed by atoms with van der Waals surface area (Å²) in [6.07, 6.45) is 7.39. The first-order valence-electron chi connectivity index (χ1n) is 14.4. The topological polar surface area (TPSA) is 107 Å². The molecule has 1 amide bonds. The molecule has 3 aromatic carbocycles. The van der Waals surface area contributed by atoms with Crippen LogP contribution in [0.3, 0.4) is 0 Å². The smallest absolute Gasteiger partial charge is 0.265 e. The summed E-state index contributed by atoms with van der Waals surface area (Å²) in [7, 11) is -4.01. The van der Waals surface area contributed by atoms with Gasteiger partial charge in [0, 0.05) is 34.3 Å². The van der Waals surface area contributed by atoms with Crippen LogP contribution in [0, 0.1) is 0 Å².